The smallest absolute Gasteiger partial charge is 0.224 e. The van der Waals surface area contributed by atoms with Crippen molar-refractivity contribution in [1.82, 2.24) is 9.62 Å². The first-order chi connectivity index (χ1) is 11.5. The van der Waals surface area contributed by atoms with Gasteiger partial charge in [0.1, 0.15) is 0 Å². The second-order valence-corrected chi connectivity index (χ2v) is 8.12. The molecule has 6 nitrogen and oxygen atoms in total. The molecule has 1 aromatic rings. The molecule has 0 bridgehead atoms. The Hall–Kier alpha value is -1.44. The van der Waals surface area contributed by atoms with Gasteiger partial charge in [0, 0.05) is 26.7 Å². The molecular weight excluding hydrogens is 328 g/mol. The van der Waals surface area contributed by atoms with Gasteiger partial charge in [0.05, 0.1) is 18.3 Å². The summed E-state index contributed by atoms with van der Waals surface area (Å²) in [6.07, 6.45) is 2.21. The highest BCUT2D eigenvalue weighted by molar-refractivity contribution is 7.89. The molecule has 1 heterocycles. The van der Waals surface area contributed by atoms with Crippen molar-refractivity contribution in [2.45, 2.75) is 19.3 Å². The molecule has 1 fully saturated rings. The number of rotatable bonds is 8. The molecule has 1 aromatic carbocycles. The number of benzene rings is 1. The Balaban J connectivity index is 1.81. The zero-order valence-electron chi connectivity index (χ0n) is 14.1. The van der Waals surface area contributed by atoms with Crippen molar-refractivity contribution in [3.8, 4) is 0 Å². The molecule has 134 valence electrons. The fourth-order valence-electron chi connectivity index (χ4n) is 2.85. The molecule has 0 aliphatic carbocycles. The van der Waals surface area contributed by atoms with Crippen LogP contribution in [0.5, 0.6) is 0 Å². The molecule has 1 N–H and O–H groups in total. The van der Waals surface area contributed by atoms with E-state index in [-0.39, 0.29) is 30.7 Å². The van der Waals surface area contributed by atoms with Crippen LogP contribution in [0.15, 0.2) is 30.3 Å². The fraction of sp³-hybridized carbons (Fsp3) is 0.588. The van der Waals surface area contributed by atoms with Gasteiger partial charge in [0.2, 0.25) is 15.9 Å². The molecule has 7 heteroatoms. The first kappa shape index (κ1) is 18.9. The van der Waals surface area contributed by atoms with Crippen LogP contribution in [-0.4, -0.2) is 57.7 Å². The molecule has 1 aliphatic rings. The van der Waals surface area contributed by atoms with E-state index in [0.29, 0.717) is 19.5 Å². The summed E-state index contributed by atoms with van der Waals surface area (Å²) in [5.74, 6) is -0.365. The second kappa shape index (κ2) is 9.15. The van der Waals surface area contributed by atoms with E-state index in [1.807, 2.05) is 30.3 Å². The summed E-state index contributed by atoms with van der Waals surface area (Å²) in [5.41, 5.74) is 1.17. The highest BCUT2D eigenvalue weighted by Crippen LogP contribution is 2.19. The van der Waals surface area contributed by atoms with Crippen LogP contribution in [0.1, 0.15) is 18.4 Å². The van der Waals surface area contributed by atoms with Crippen molar-refractivity contribution in [1.29, 1.82) is 0 Å². The number of ether oxygens (including phenoxy) is 1. The van der Waals surface area contributed by atoms with E-state index < -0.39 is 10.0 Å². The van der Waals surface area contributed by atoms with E-state index in [9.17, 15) is 13.2 Å². The number of methoxy groups -OCH3 is 1. The zero-order valence-corrected chi connectivity index (χ0v) is 14.9. The summed E-state index contributed by atoms with van der Waals surface area (Å²) in [6.45, 7) is 1.49. The van der Waals surface area contributed by atoms with Crippen molar-refractivity contribution in [2.75, 3.05) is 39.1 Å². The van der Waals surface area contributed by atoms with Crippen LogP contribution in [-0.2, 0) is 26.0 Å². The Morgan fingerprint density at radius 2 is 2.08 bits per heavy atom. The van der Waals surface area contributed by atoms with Crippen LogP contribution in [0, 0.1) is 5.92 Å². The van der Waals surface area contributed by atoms with E-state index in [2.05, 4.69) is 5.32 Å². The van der Waals surface area contributed by atoms with E-state index in [0.717, 1.165) is 12.8 Å². The summed E-state index contributed by atoms with van der Waals surface area (Å²) in [6, 6.07) is 9.96. The molecule has 0 radical (unpaired) electrons. The first-order valence-corrected chi connectivity index (χ1v) is 9.92. The minimum atomic E-state index is -3.35. The van der Waals surface area contributed by atoms with Crippen LogP contribution in [0.2, 0.25) is 0 Å². The number of piperidine rings is 1. The van der Waals surface area contributed by atoms with Gasteiger partial charge in [0.25, 0.3) is 0 Å². The maximum Gasteiger partial charge on any atom is 0.224 e. The molecule has 1 unspecified atom stereocenters. The topological polar surface area (TPSA) is 75.7 Å². The first-order valence-electron chi connectivity index (χ1n) is 8.31. The average Bonchev–Trinajstić information content (AvgIpc) is 2.61. The quantitative estimate of drug-likeness (QED) is 0.757. The molecule has 1 amide bonds. The lowest BCUT2D eigenvalue weighted by atomic mass is 9.99. The number of hydrogen-bond acceptors (Lipinski definition) is 4. The number of nitrogens with one attached hydrogen (secondary N) is 1. The van der Waals surface area contributed by atoms with Gasteiger partial charge in [-0.1, -0.05) is 30.3 Å². The van der Waals surface area contributed by atoms with Crippen LogP contribution < -0.4 is 5.32 Å². The van der Waals surface area contributed by atoms with Gasteiger partial charge >= 0.3 is 0 Å². The molecule has 0 saturated carbocycles. The fourth-order valence-corrected chi connectivity index (χ4v) is 4.30. The van der Waals surface area contributed by atoms with Gasteiger partial charge in [0.15, 0.2) is 0 Å². The van der Waals surface area contributed by atoms with Crippen LogP contribution >= 0.6 is 0 Å². The Morgan fingerprint density at radius 1 is 1.33 bits per heavy atom. The van der Waals surface area contributed by atoms with Gasteiger partial charge < -0.3 is 10.1 Å². The number of nitrogens with zero attached hydrogens (tertiary/aromatic N) is 1. The van der Waals surface area contributed by atoms with E-state index in [1.54, 1.807) is 0 Å². The molecule has 24 heavy (non-hydrogen) atoms. The van der Waals surface area contributed by atoms with Crippen molar-refractivity contribution in [3.63, 3.8) is 0 Å². The van der Waals surface area contributed by atoms with E-state index >= 15 is 0 Å². The van der Waals surface area contributed by atoms with E-state index in [1.165, 1.54) is 17.0 Å². The highest BCUT2D eigenvalue weighted by atomic mass is 32.2. The summed E-state index contributed by atoms with van der Waals surface area (Å²) in [7, 11) is -1.87. The van der Waals surface area contributed by atoms with Gasteiger partial charge in [-0.15, -0.1) is 0 Å². The lowest BCUT2D eigenvalue weighted by Gasteiger charge is -2.31. The number of carbonyl (C=O) groups is 1. The van der Waals surface area contributed by atoms with Crippen molar-refractivity contribution in [3.05, 3.63) is 35.9 Å². The van der Waals surface area contributed by atoms with Gasteiger partial charge in [-0.25, -0.2) is 12.7 Å². The number of amides is 1. The van der Waals surface area contributed by atoms with Crippen LogP contribution in [0.25, 0.3) is 0 Å². The van der Waals surface area contributed by atoms with Gasteiger partial charge in [-0.3, -0.25) is 4.79 Å². The number of hydrogen-bond donors (Lipinski definition) is 1. The predicted molar refractivity (Wildman–Crippen MR) is 93.1 cm³/mol. The van der Waals surface area contributed by atoms with Crippen molar-refractivity contribution >= 4 is 15.9 Å². The molecule has 1 saturated heterocycles. The SMILES string of the molecule is COCCS(=O)(=O)N1CCCC(C(=O)NCCc2ccccc2)C1. The van der Waals surface area contributed by atoms with E-state index in [4.69, 9.17) is 4.74 Å². The Bertz CT molecular complexity index is 619. The largest absolute Gasteiger partial charge is 0.384 e. The zero-order chi connectivity index (χ0) is 17.4. The molecule has 0 aromatic heterocycles. The number of sulfonamides is 1. The van der Waals surface area contributed by atoms with Crippen molar-refractivity contribution < 1.29 is 17.9 Å². The third-order valence-electron chi connectivity index (χ3n) is 4.25. The van der Waals surface area contributed by atoms with Gasteiger partial charge in [-0.2, -0.15) is 0 Å². The average molecular weight is 354 g/mol. The van der Waals surface area contributed by atoms with Gasteiger partial charge in [-0.05, 0) is 24.8 Å². The standard InChI is InChI=1S/C17H26N2O4S/c1-23-12-13-24(21,22)19-11-5-8-16(14-19)17(20)18-10-9-15-6-3-2-4-7-15/h2-4,6-7,16H,5,8-14H2,1H3,(H,18,20). The minimum Gasteiger partial charge on any atom is -0.384 e. The summed E-state index contributed by atoms with van der Waals surface area (Å²) >= 11 is 0. The van der Waals surface area contributed by atoms with Crippen LogP contribution in [0.4, 0.5) is 0 Å². The Morgan fingerprint density at radius 3 is 2.79 bits per heavy atom. The third-order valence-corrected chi connectivity index (χ3v) is 6.05. The third kappa shape index (κ3) is 5.58. The normalized spacial score (nSPS) is 19.1. The lowest BCUT2D eigenvalue weighted by Crippen LogP contribution is -2.46. The summed E-state index contributed by atoms with van der Waals surface area (Å²) < 4.78 is 30.7. The monoisotopic (exact) mass is 354 g/mol. The summed E-state index contributed by atoms with van der Waals surface area (Å²) in [4.78, 5) is 12.3. The maximum absolute atomic E-state index is 12.3. The van der Waals surface area contributed by atoms with Crippen LogP contribution in [0.3, 0.4) is 0 Å². The lowest BCUT2D eigenvalue weighted by molar-refractivity contribution is -0.126. The molecule has 0 spiro atoms. The van der Waals surface area contributed by atoms with Crippen molar-refractivity contribution in [2.24, 2.45) is 5.92 Å². The summed E-state index contributed by atoms with van der Waals surface area (Å²) in [5, 5.41) is 2.93. The molecule has 1 atom stereocenters. The second-order valence-electron chi connectivity index (χ2n) is 6.03. The molecule has 1 aliphatic heterocycles. The predicted octanol–water partition coefficient (Wildman–Crippen LogP) is 1.03. The maximum atomic E-state index is 12.3. The highest BCUT2D eigenvalue weighted by Gasteiger charge is 2.31. The number of carbonyl (C=O) groups excluding carboxylic acids is 1. The minimum absolute atomic E-state index is 0.0359. The molecular formula is C17H26N2O4S. The Labute approximate surface area is 144 Å². The Kier molecular flexibility index (Phi) is 7.20. The molecule has 2 rings (SSSR count).